The summed E-state index contributed by atoms with van der Waals surface area (Å²) in [6.07, 6.45) is 1.52. The quantitative estimate of drug-likeness (QED) is 0.276. The fourth-order valence-corrected chi connectivity index (χ4v) is 3.03. The fourth-order valence-electron chi connectivity index (χ4n) is 3.03. The summed E-state index contributed by atoms with van der Waals surface area (Å²) < 4.78 is 16.1. The first-order valence-electron chi connectivity index (χ1n) is 9.26. The molecule has 0 radical (unpaired) electrons. The minimum Gasteiger partial charge on any atom is -0.497 e. The molecule has 1 fully saturated rings. The Bertz CT molecular complexity index is 790. The molecule has 3 rings (SSSR count). The maximum Gasteiger partial charge on any atom is 0.289 e. The average molecular weight is 514 g/mol. The van der Waals surface area contributed by atoms with E-state index in [2.05, 4.69) is 15.2 Å². The molecule has 9 heteroatoms. The number of hydrogen-bond acceptors (Lipinski definition) is 5. The van der Waals surface area contributed by atoms with Gasteiger partial charge in [0.05, 0.1) is 19.9 Å². The van der Waals surface area contributed by atoms with Crippen LogP contribution < -0.4 is 14.8 Å². The number of furan rings is 1. The van der Waals surface area contributed by atoms with Crippen LogP contribution in [0.3, 0.4) is 0 Å². The standard InChI is InChI=1S/C20H26N4O4.HI/c1-21-20(22-8-14-27-17-6-3-5-16(15-17)26-2)24-11-9-23(10-12-24)19(25)18-7-4-13-28-18;/h3-7,13,15H,8-12,14H2,1-2H3,(H,21,22);1H. The molecule has 1 aromatic carbocycles. The Balaban J connectivity index is 0.00000300. The van der Waals surface area contributed by atoms with Crippen molar-refractivity contribution in [3.05, 3.63) is 48.4 Å². The Morgan fingerprint density at radius 1 is 1.14 bits per heavy atom. The topological polar surface area (TPSA) is 79.5 Å². The number of nitrogens with one attached hydrogen (secondary N) is 1. The zero-order valence-electron chi connectivity index (χ0n) is 16.7. The highest BCUT2D eigenvalue weighted by Crippen LogP contribution is 2.18. The molecule has 0 aliphatic carbocycles. The highest BCUT2D eigenvalue weighted by molar-refractivity contribution is 14.0. The van der Waals surface area contributed by atoms with Gasteiger partial charge in [0.1, 0.15) is 18.1 Å². The van der Waals surface area contributed by atoms with Crippen LogP contribution in [-0.4, -0.2) is 75.2 Å². The second-order valence-electron chi connectivity index (χ2n) is 6.26. The molecule has 158 valence electrons. The third-order valence-electron chi connectivity index (χ3n) is 4.51. The normalized spacial score (nSPS) is 14.2. The van der Waals surface area contributed by atoms with Gasteiger partial charge in [-0.05, 0) is 24.3 Å². The minimum atomic E-state index is -0.0701. The van der Waals surface area contributed by atoms with E-state index in [9.17, 15) is 4.79 Å². The second-order valence-corrected chi connectivity index (χ2v) is 6.26. The van der Waals surface area contributed by atoms with Gasteiger partial charge in [0.25, 0.3) is 5.91 Å². The third-order valence-corrected chi connectivity index (χ3v) is 4.51. The number of carbonyl (C=O) groups is 1. The van der Waals surface area contributed by atoms with Crippen molar-refractivity contribution in [1.29, 1.82) is 0 Å². The number of benzene rings is 1. The molecule has 0 atom stereocenters. The number of aliphatic imine (C=N–C) groups is 1. The number of methoxy groups -OCH3 is 1. The van der Waals surface area contributed by atoms with Gasteiger partial charge < -0.3 is 29.0 Å². The summed E-state index contributed by atoms with van der Waals surface area (Å²) >= 11 is 0. The molecular formula is C20H27IN4O4. The first-order chi connectivity index (χ1) is 13.7. The van der Waals surface area contributed by atoms with Gasteiger partial charge in [0, 0.05) is 39.3 Å². The van der Waals surface area contributed by atoms with Crippen LogP contribution in [0.2, 0.25) is 0 Å². The van der Waals surface area contributed by atoms with Crippen LogP contribution in [0, 0.1) is 0 Å². The van der Waals surface area contributed by atoms with Crippen molar-refractivity contribution >= 4 is 35.8 Å². The lowest BCUT2D eigenvalue weighted by Crippen LogP contribution is -2.54. The van der Waals surface area contributed by atoms with Gasteiger partial charge >= 0.3 is 0 Å². The smallest absolute Gasteiger partial charge is 0.289 e. The molecule has 1 aromatic heterocycles. The van der Waals surface area contributed by atoms with Crippen LogP contribution in [0.15, 0.2) is 52.1 Å². The first kappa shape index (κ1) is 22.9. The molecule has 1 aliphatic rings. The van der Waals surface area contributed by atoms with Crippen LogP contribution in [0.1, 0.15) is 10.6 Å². The lowest BCUT2D eigenvalue weighted by Gasteiger charge is -2.36. The summed E-state index contributed by atoms with van der Waals surface area (Å²) in [7, 11) is 3.39. The number of rotatable bonds is 6. The molecule has 1 aliphatic heterocycles. The molecule has 0 saturated carbocycles. The largest absolute Gasteiger partial charge is 0.497 e. The molecule has 1 amide bonds. The SMILES string of the molecule is CN=C(NCCOc1cccc(OC)c1)N1CCN(C(=O)c2ccco2)CC1.I. The molecule has 8 nitrogen and oxygen atoms in total. The maximum atomic E-state index is 12.3. The van der Waals surface area contributed by atoms with Gasteiger partial charge in [0.2, 0.25) is 0 Å². The predicted octanol–water partition coefficient (Wildman–Crippen LogP) is 2.32. The molecule has 29 heavy (non-hydrogen) atoms. The third kappa shape index (κ3) is 6.28. The average Bonchev–Trinajstić information content (AvgIpc) is 3.28. The Morgan fingerprint density at radius 2 is 1.86 bits per heavy atom. The Kier molecular flexibility index (Phi) is 9.10. The van der Waals surface area contributed by atoms with Crippen LogP contribution in [0.4, 0.5) is 0 Å². The van der Waals surface area contributed by atoms with Crippen molar-refractivity contribution in [2.45, 2.75) is 0 Å². The summed E-state index contributed by atoms with van der Waals surface area (Å²) in [5.41, 5.74) is 0. The van der Waals surface area contributed by atoms with Crippen LogP contribution >= 0.6 is 24.0 Å². The predicted molar refractivity (Wildman–Crippen MR) is 121 cm³/mol. The molecule has 2 aromatic rings. The zero-order valence-corrected chi connectivity index (χ0v) is 19.0. The Morgan fingerprint density at radius 3 is 2.52 bits per heavy atom. The summed E-state index contributed by atoms with van der Waals surface area (Å²) in [4.78, 5) is 20.6. The van der Waals surface area contributed by atoms with Gasteiger partial charge in [-0.15, -0.1) is 24.0 Å². The van der Waals surface area contributed by atoms with E-state index in [1.54, 1.807) is 31.2 Å². The van der Waals surface area contributed by atoms with Gasteiger partial charge in [-0.25, -0.2) is 0 Å². The number of carbonyl (C=O) groups excluding carboxylic acids is 1. The van der Waals surface area contributed by atoms with E-state index >= 15 is 0 Å². The van der Waals surface area contributed by atoms with Crippen molar-refractivity contribution in [3.8, 4) is 11.5 Å². The van der Waals surface area contributed by atoms with E-state index in [-0.39, 0.29) is 29.9 Å². The number of piperazine rings is 1. The number of ether oxygens (including phenoxy) is 2. The number of amides is 1. The maximum absolute atomic E-state index is 12.3. The number of hydrogen-bond donors (Lipinski definition) is 1. The van der Waals surface area contributed by atoms with Crippen molar-refractivity contribution in [1.82, 2.24) is 15.1 Å². The summed E-state index contributed by atoms with van der Waals surface area (Å²) in [5.74, 6) is 2.65. The van der Waals surface area contributed by atoms with Crippen LogP contribution in [0.25, 0.3) is 0 Å². The lowest BCUT2D eigenvalue weighted by molar-refractivity contribution is 0.0657. The fraction of sp³-hybridized carbons (Fsp3) is 0.400. The van der Waals surface area contributed by atoms with E-state index in [4.69, 9.17) is 13.9 Å². The molecule has 1 N–H and O–H groups in total. The second kappa shape index (κ2) is 11.5. The minimum absolute atomic E-state index is 0. The Hall–Kier alpha value is -2.43. The van der Waals surface area contributed by atoms with Gasteiger partial charge in [0.15, 0.2) is 11.7 Å². The summed E-state index contributed by atoms with van der Waals surface area (Å²) in [6.45, 7) is 3.80. The molecular weight excluding hydrogens is 487 g/mol. The van der Waals surface area contributed by atoms with E-state index in [1.807, 2.05) is 24.3 Å². The van der Waals surface area contributed by atoms with Gasteiger partial charge in [-0.3, -0.25) is 9.79 Å². The van der Waals surface area contributed by atoms with Crippen molar-refractivity contribution in [2.24, 2.45) is 4.99 Å². The van der Waals surface area contributed by atoms with Crippen molar-refractivity contribution < 1.29 is 18.7 Å². The first-order valence-corrected chi connectivity index (χ1v) is 9.26. The number of nitrogens with zero attached hydrogens (tertiary/aromatic N) is 3. The van der Waals surface area contributed by atoms with E-state index < -0.39 is 0 Å². The van der Waals surface area contributed by atoms with Gasteiger partial charge in [-0.2, -0.15) is 0 Å². The highest BCUT2D eigenvalue weighted by Gasteiger charge is 2.25. The zero-order chi connectivity index (χ0) is 19.8. The van der Waals surface area contributed by atoms with Crippen molar-refractivity contribution in [3.63, 3.8) is 0 Å². The van der Waals surface area contributed by atoms with Crippen LogP contribution in [0.5, 0.6) is 11.5 Å². The number of halogens is 1. The molecule has 1 saturated heterocycles. The molecule has 0 unspecified atom stereocenters. The Labute approximate surface area is 187 Å². The molecule has 2 heterocycles. The number of guanidine groups is 1. The molecule has 0 bridgehead atoms. The van der Waals surface area contributed by atoms with Crippen molar-refractivity contribution in [2.75, 3.05) is 53.5 Å². The monoisotopic (exact) mass is 514 g/mol. The van der Waals surface area contributed by atoms with E-state index in [0.29, 0.717) is 45.1 Å². The van der Waals surface area contributed by atoms with Gasteiger partial charge in [-0.1, -0.05) is 6.07 Å². The van der Waals surface area contributed by atoms with E-state index in [1.165, 1.54) is 6.26 Å². The summed E-state index contributed by atoms with van der Waals surface area (Å²) in [5, 5.41) is 3.31. The van der Waals surface area contributed by atoms with E-state index in [0.717, 1.165) is 17.5 Å². The lowest BCUT2D eigenvalue weighted by atomic mass is 10.3. The van der Waals surface area contributed by atoms with Crippen LogP contribution in [-0.2, 0) is 0 Å². The molecule has 0 spiro atoms. The summed E-state index contributed by atoms with van der Waals surface area (Å²) in [6, 6.07) is 10.9. The highest BCUT2D eigenvalue weighted by atomic mass is 127.